The number of hydrogen-bond donors (Lipinski definition) is 1. The predicted octanol–water partition coefficient (Wildman–Crippen LogP) is 0.149. The van der Waals surface area contributed by atoms with Crippen molar-refractivity contribution in [3.8, 4) is 0 Å². The van der Waals surface area contributed by atoms with Gasteiger partial charge in [-0.2, -0.15) is 0 Å². The molecular formula is C11H22N2O3S. The lowest BCUT2D eigenvalue weighted by molar-refractivity contribution is -0.133. The van der Waals surface area contributed by atoms with Gasteiger partial charge in [-0.05, 0) is 13.3 Å². The number of carbonyl (C=O) groups is 1. The van der Waals surface area contributed by atoms with Crippen LogP contribution in [0.2, 0.25) is 0 Å². The van der Waals surface area contributed by atoms with Crippen LogP contribution in [0.25, 0.3) is 0 Å². The van der Waals surface area contributed by atoms with E-state index in [1.54, 1.807) is 11.8 Å². The van der Waals surface area contributed by atoms with Crippen LogP contribution in [-0.2, 0) is 14.6 Å². The highest BCUT2D eigenvalue weighted by molar-refractivity contribution is 7.91. The molecule has 0 bridgehead atoms. The molecule has 17 heavy (non-hydrogen) atoms. The Bertz CT molecular complexity index is 367. The van der Waals surface area contributed by atoms with Crippen molar-refractivity contribution < 1.29 is 13.2 Å². The minimum Gasteiger partial charge on any atom is -0.338 e. The van der Waals surface area contributed by atoms with E-state index in [1.165, 1.54) is 0 Å². The Morgan fingerprint density at radius 1 is 1.53 bits per heavy atom. The van der Waals surface area contributed by atoms with Crippen LogP contribution in [0.1, 0.15) is 33.1 Å². The van der Waals surface area contributed by atoms with Crippen molar-refractivity contribution >= 4 is 15.7 Å². The van der Waals surface area contributed by atoms with Gasteiger partial charge in [-0.15, -0.1) is 0 Å². The minimum atomic E-state index is -2.96. The predicted molar refractivity (Wildman–Crippen MR) is 67.3 cm³/mol. The van der Waals surface area contributed by atoms with Gasteiger partial charge in [0.25, 0.3) is 0 Å². The second-order valence-corrected chi connectivity index (χ2v) is 7.03. The fourth-order valence-electron chi connectivity index (χ4n) is 2.18. The number of nitrogens with two attached hydrogens (primary N) is 1. The third kappa shape index (κ3) is 4.27. The van der Waals surface area contributed by atoms with Crippen molar-refractivity contribution in [2.24, 2.45) is 5.73 Å². The van der Waals surface area contributed by atoms with Crippen molar-refractivity contribution in [1.29, 1.82) is 0 Å². The molecule has 100 valence electrons. The summed E-state index contributed by atoms with van der Waals surface area (Å²) in [5.41, 5.74) is 5.82. The quantitative estimate of drug-likeness (QED) is 0.782. The number of carbonyl (C=O) groups excluding carboxylic acids is 1. The van der Waals surface area contributed by atoms with Crippen LogP contribution in [0.3, 0.4) is 0 Å². The molecule has 0 radical (unpaired) electrons. The number of nitrogens with zero attached hydrogens (tertiary/aromatic N) is 1. The van der Waals surface area contributed by atoms with Crippen molar-refractivity contribution in [3.63, 3.8) is 0 Å². The van der Waals surface area contributed by atoms with Gasteiger partial charge in [0.1, 0.15) is 0 Å². The fraction of sp³-hybridized carbons (Fsp3) is 0.909. The molecule has 1 aliphatic rings. The van der Waals surface area contributed by atoms with Gasteiger partial charge >= 0.3 is 0 Å². The molecule has 0 aromatic carbocycles. The molecule has 6 heteroatoms. The van der Waals surface area contributed by atoms with Crippen molar-refractivity contribution in [3.05, 3.63) is 0 Å². The van der Waals surface area contributed by atoms with E-state index in [0.29, 0.717) is 13.0 Å². The molecular weight excluding hydrogens is 240 g/mol. The highest BCUT2D eigenvalue weighted by Gasteiger charge is 2.31. The molecule has 2 atom stereocenters. The van der Waals surface area contributed by atoms with Crippen molar-refractivity contribution in [2.45, 2.75) is 45.2 Å². The van der Waals surface area contributed by atoms with Crippen molar-refractivity contribution in [2.75, 3.05) is 18.1 Å². The van der Waals surface area contributed by atoms with E-state index in [9.17, 15) is 13.2 Å². The van der Waals surface area contributed by atoms with Crippen LogP contribution in [0.4, 0.5) is 0 Å². The molecule has 1 rings (SSSR count). The van der Waals surface area contributed by atoms with E-state index < -0.39 is 9.84 Å². The average Bonchev–Trinajstić information content (AvgIpc) is 2.15. The zero-order chi connectivity index (χ0) is 13.1. The standard InChI is InChI=1S/C11H22N2O3S/c1-3-4-10(12)7-11(14)13-5-6-17(15,16)8-9(13)2/h9-10H,3-8,12H2,1-2H3. The first-order valence-electron chi connectivity index (χ1n) is 6.11. The Labute approximate surface area is 103 Å². The SMILES string of the molecule is CCCC(N)CC(=O)N1CCS(=O)(=O)CC1C. The van der Waals surface area contributed by atoms with Crippen molar-refractivity contribution in [1.82, 2.24) is 4.90 Å². The largest absolute Gasteiger partial charge is 0.338 e. The topological polar surface area (TPSA) is 80.5 Å². The number of hydrogen-bond acceptors (Lipinski definition) is 4. The van der Waals surface area contributed by atoms with Crippen LogP contribution in [0.5, 0.6) is 0 Å². The molecule has 1 fully saturated rings. The third-order valence-electron chi connectivity index (χ3n) is 3.09. The van der Waals surface area contributed by atoms with E-state index in [4.69, 9.17) is 5.73 Å². The Balaban J connectivity index is 2.53. The number of sulfone groups is 1. The zero-order valence-corrected chi connectivity index (χ0v) is 11.4. The van der Waals surface area contributed by atoms with Crippen LogP contribution in [0, 0.1) is 0 Å². The maximum Gasteiger partial charge on any atom is 0.224 e. The first kappa shape index (κ1) is 14.4. The molecule has 1 saturated heterocycles. The van der Waals surface area contributed by atoms with E-state index in [2.05, 4.69) is 0 Å². The van der Waals surface area contributed by atoms with E-state index in [0.717, 1.165) is 12.8 Å². The van der Waals surface area contributed by atoms with Crippen LogP contribution in [-0.4, -0.2) is 49.4 Å². The normalized spacial score (nSPS) is 25.6. The Kier molecular flexibility index (Phi) is 4.94. The summed E-state index contributed by atoms with van der Waals surface area (Å²) in [4.78, 5) is 13.6. The molecule has 2 unspecified atom stereocenters. The molecule has 0 aromatic rings. The lowest BCUT2D eigenvalue weighted by Gasteiger charge is -2.33. The fourth-order valence-corrected chi connectivity index (χ4v) is 3.74. The van der Waals surface area contributed by atoms with Gasteiger partial charge in [-0.3, -0.25) is 4.79 Å². The Morgan fingerprint density at radius 2 is 2.18 bits per heavy atom. The molecule has 2 N–H and O–H groups in total. The smallest absolute Gasteiger partial charge is 0.224 e. The highest BCUT2D eigenvalue weighted by atomic mass is 32.2. The number of amides is 1. The van der Waals surface area contributed by atoms with Gasteiger partial charge in [0.15, 0.2) is 9.84 Å². The van der Waals surface area contributed by atoms with E-state index in [-0.39, 0.29) is 29.5 Å². The molecule has 0 aromatic heterocycles. The molecule has 1 heterocycles. The van der Waals surface area contributed by atoms with Gasteiger partial charge < -0.3 is 10.6 Å². The maximum absolute atomic E-state index is 12.0. The van der Waals surface area contributed by atoms with Gasteiger partial charge in [0.05, 0.1) is 11.5 Å². The molecule has 1 amide bonds. The van der Waals surface area contributed by atoms with E-state index in [1.807, 2.05) is 6.92 Å². The molecule has 1 aliphatic heterocycles. The third-order valence-corrected chi connectivity index (χ3v) is 4.88. The molecule has 0 spiro atoms. The first-order chi connectivity index (χ1) is 7.85. The summed E-state index contributed by atoms with van der Waals surface area (Å²) in [6, 6.07) is -0.340. The maximum atomic E-state index is 12.0. The first-order valence-corrected chi connectivity index (χ1v) is 7.93. The summed E-state index contributed by atoms with van der Waals surface area (Å²) in [6.45, 7) is 4.11. The zero-order valence-electron chi connectivity index (χ0n) is 10.6. The Hall–Kier alpha value is -0.620. The Morgan fingerprint density at radius 3 is 2.71 bits per heavy atom. The van der Waals surface area contributed by atoms with Crippen LogP contribution < -0.4 is 5.73 Å². The molecule has 0 aliphatic carbocycles. The van der Waals surface area contributed by atoms with Gasteiger partial charge in [-0.1, -0.05) is 13.3 Å². The lowest BCUT2D eigenvalue weighted by Crippen LogP contribution is -2.50. The summed E-state index contributed by atoms with van der Waals surface area (Å²) in [5.74, 6) is 0.127. The lowest BCUT2D eigenvalue weighted by atomic mass is 10.1. The van der Waals surface area contributed by atoms with E-state index >= 15 is 0 Å². The summed E-state index contributed by atoms with van der Waals surface area (Å²) < 4.78 is 22.8. The van der Waals surface area contributed by atoms with Crippen LogP contribution in [0.15, 0.2) is 0 Å². The summed E-state index contributed by atoms with van der Waals surface area (Å²) in [5, 5.41) is 0. The average molecular weight is 262 g/mol. The highest BCUT2D eigenvalue weighted by Crippen LogP contribution is 2.13. The second-order valence-electron chi connectivity index (χ2n) is 4.80. The summed E-state index contributed by atoms with van der Waals surface area (Å²) >= 11 is 0. The summed E-state index contributed by atoms with van der Waals surface area (Å²) in [7, 11) is -2.96. The minimum absolute atomic E-state index is 0.0200. The van der Waals surface area contributed by atoms with Gasteiger partial charge in [-0.25, -0.2) is 8.42 Å². The second kappa shape index (κ2) is 5.82. The van der Waals surface area contributed by atoms with Gasteiger partial charge in [0, 0.05) is 25.0 Å². The van der Waals surface area contributed by atoms with Gasteiger partial charge in [0.2, 0.25) is 5.91 Å². The monoisotopic (exact) mass is 262 g/mol. The molecule has 0 saturated carbocycles. The summed E-state index contributed by atoms with van der Waals surface area (Å²) in [6.07, 6.45) is 2.10. The number of rotatable bonds is 4. The molecule has 5 nitrogen and oxygen atoms in total. The van der Waals surface area contributed by atoms with Crippen LogP contribution >= 0.6 is 0 Å².